The standard InChI is InChI=1S/C58H38N4/c1-4-16-40(17-5-1)51-38-52(41-18-6-2-7-19-41)60-58(59-51)42-32-30-39(31-33-42)43-34-35-49-48-24-10-12-27-53(48)62(56(49)37-43)46-23-14-20-44(36-46)47-26-15-29-55-57(47)50-25-11-13-28-54(50)61(55)45-21-8-3-9-22-45/h1-38H. The number of aromatic nitrogens is 4. The normalized spacial score (nSPS) is 11.5. The van der Waals surface area contributed by atoms with Gasteiger partial charge in [-0.25, -0.2) is 9.97 Å². The van der Waals surface area contributed by atoms with Gasteiger partial charge in [-0.05, 0) is 76.9 Å². The molecule has 3 heterocycles. The van der Waals surface area contributed by atoms with E-state index in [4.69, 9.17) is 9.97 Å². The van der Waals surface area contributed by atoms with Gasteiger partial charge in [-0.3, -0.25) is 0 Å². The minimum atomic E-state index is 0.701. The Morgan fingerprint density at radius 1 is 0.274 bits per heavy atom. The van der Waals surface area contributed by atoms with Crippen molar-refractivity contribution in [2.75, 3.05) is 0 Å². The molecule has 0 radical (unpaired) electrons. The number of fused-ring (bicyclic) bond motifs is 6. The van der Waals surface area contributed by atoms with Gasteiger partial charge in [-0.15, -0.1) is 0 Å². The number of para-hydroxylation sites is 3. The highest BCUT2D eigenvalue weighted by atomic mass is 15.0. The van der Waals surface area contributed by atoms with Crippen LogP contribution in [0.5, 0.6) is 0 Å². The fourth-order valence-corrected chi connectivity index (χ4v) is 9.26. The second-order valence-electron chi connectivity index (χ2n) is 15.8. The first kappa shape index (κ1) is 35.6. The summed E-state index contributed by atoms with van der Waals surface area (Å²) in [7, 11) is 0. The van der Waals surface area contributed by atoms with E-state index in [0.717, 1.165) is 56.1 Å². The molecule has 0 fully saturated rings. The zero-order valence-electron chi connectivity index (χ0n) is 33.7. The van der Waals surface area contributed by atoms with Gasteiger partial charge in [0.1, 0.15) is 0 Å². The average Bonchev–Trinajstić information content (AvgIpc) is 3.87. The van der Waals surface area contributed by atoms with Crippen molar-refractivity contribution in [1.82, 2.24) is 19.1 Å². The summed E-state index contributed by atoms with van der Waals surface area (Å²) in [6.45, 7) is 0. The van der Waals surface area contributed by atoms with Crippen LogP contribution in [0.3, 0.4) is 0 Å². The molecule has 0 unspecified atom stereocenters. The Hall–Kier alpha value is -8.34. The summed E-state index contributed by atoms with van der Waals surface area (Å²) in [5.41, 5.74) is 16.6. The molecular weight excluding hydrogens is 753 g/mol. The summed E-state index contributed by atoms with van der Waals surface area (Å²) in [6.07, 6.45) is 0. The van der Waals surface area contributed by atoms with Crippen molar-refractivity contribution in [3.63, 3.8) is 0 Å². The van der Waals surface area contributed by atoms with Gasteiger partial charge in [0.15, 0.2) is 5.82 Å². The van der Waals surface area contributed by atoms with E-state index in [1.165, 1.54) is 49.2 Å². The van der Waals surface area contributed by atoms with Crippen molar-refractivity contribution in [2.45, 2.75) is 0 Å². The molecule has 0 saturated heterocycles. The predicted molar refractivity (Wildman–Crippen MR) is 258 cm³/mol. The molecule has 0 aliphatic heterocycles. The molecule has 62 heavy (non-hydrogen) atoms. The van der Waals surface area contributed by atoms with Crippen LogP contribution in [0.4, 0.5) is 0 Å². The van der Waals surface area contributed by atoms with Crippen LogP contribution >= 0.6 is 0 Å². The minimum absolute atomic E-state index is 0.701. The molecule has 0 aliphatic rings. The lowest BCUT2D eigenvalue weighted by atomic mass is 9.99. The molecule has 0 bridgehead atoms. The lowest BCUT2D eigenvalue weighted by Crippen LogP contribution is -1.96. The fourth-order valence-electron chi connectivity index (χ4n) is 9.26. The van der Waals surface area contributed by atoms with Crippen molar-refractivity contribution in [3.8, 4) is 67.5 Å². The van der Waals surface area contributed by atoms with Gasteiger partial charge in [0, 0.05) is 49.6 Å². The van der Waals surface area contributed by atoms with Crippen molar-refractivity contribution < 1.29 is 0 Å². The van der Waals surface area contributed by atoms with Crippen LogP contribution in [0.15, 0.2) is 231 Å². The van der Waals surface area contributed by atoms with Crippen molar-refractivity contribution in [2.24, 2.45) is 0 Å². The zero-order valence-corrected chi connectivity index (χ0v) is 33.7. The van der Waals surface area contributed by atoms with Crippen LogP contribution in [-0.4, -0.2) is 19.1 Å². The smallest absolute Gasteiger partial charge is 0.160 e. The molecule has 4 nitrogen and oxygen atoms in total. The Balaban J connectivity index is 0.965. The van der Waals surface area contributed by atoms with E-state index in [-0.39, 0.29) is 0 Å². The van der Waals surface area contributed by atoms with Gasteiger partial charge >= 0.3 is 0 Å². The Morgan fingerprint density at radius 2 is 0.774 bits per heavy atom. The second-order valence-corrected chi connectivity index (χ2v) is 15.8. The molecule has 12 aromatic rings. The van der Waals surface area contributed by atoms with Gasteiger partial charge in [-0.1, -0.05) is 176 Å². The van der Waals surface area contributed by atoms with E-state index in [1.54, 1.807) is 0 Å². The summed E-state index contributed by atoms with van der Waals surface area (Å²) in [6, 6.07) is 82.2. The quantitative estimate of drug-likeness (QED) is 0.161. The molecular formula is C58H38N4. The van der Waals surface area contributed by atoms with E-state index < -0.39 is 0 Å². The number of hydrogen-bond donors (Lipinski definition) is 0. The average molecular weight is 791 g/mol. The first-order valence-electron chi connectivity index (χ1n) is 21.1. The molecule has 0 N–H and O–H groups in total. The molecule has 0 saturated carbocycles. The maximum atomic E-state index is 5.07. The molecule has 0 atom stereocenters. The number of hydrogen-bond acceptors (Lipinski definition) is 2. The SMILES string of the molecule is c1ccc(-c2cc(-c3ccccc3)nc(-c3ccc(-c4ccc5c6ccccc6n(-c6cccc(-c7cccc8c7c7ccccc7n8-c7ccccc7)c6)c5c4)cc3)n2)cc1. The molecule has 0 aliphatic carbocycles. The summed E-state index contributed by atoms with van der Waals surface area (Å²) >= 11 is 0. The first-order chi connectivity index (χ1) is 30.7. The van der Waals surface area contributed by atoms with E-state index in [0.29, 0.717) is 5.82 Å². The molecule has 0 spiro atoms. The molecule has 9 aromatic carbocycles. The maximum absolute atomic E-state index is 5.07. The van der Waals surface area contributed by atoms with Crippen LogP contribution in [0.25, 0.3) is 111 Å². The summed E-state index contributed by atoms with van der Waals surface area (Å²) in [5, 5.41) is 4.95. The molecule has 0 amide bonds. The second kappa shape index (κ2) is 14.7. The Bertz CT molecular complexity index is 3550. The lowest BCUT2D eigenvalue weighted by molar-refractivity contribution is 1.18. The van der Waals surface area contributed by atoms with Crippen LogP contribution in [0.2, 0.25) is 0 Å². The Morgan fingerprint density at radius 3 is 1.48 bits per heavy atom. The number of rotatable bonds is 7. The minimum Gasteiger partial charge on any atom is -0.309 e. The van der Waals surface area contributed by atoms with Gasteiger partial charge in [-0.2, -0.15) is 0 Å². The monoisotopic (exact) mass is 790 g/mol. The zero-order chi connectivity index (χ0) is 41.0. The van der Waals surface area contributed by atoms with Gasteiger partial charge < -0.3 is 9.13 Å². The fraction of sp³-hybridized carbons (Fsp3) is 0. The van der Waals surface area contributed by atoms with Crippen LogP contribution < -0.4 is 0 Å². The maximum Gasteiger partial charge on any atom is 0.160 e. The predicted octanol–water partition coefficient (Wildman–Crippen LogP) is 15.0. The van der Waals surface area contributed by atoms with Crippen molar-refractivity contribution in [3.05, 3.63) is 231 Å². The Kier molecular flexibility index (Phi) is 8.46. The summed E-state index contributed by atoms with van der Waals surface area (Å²) in [5.74, 6) is 0.701. The summed E-state index contributed by atoms with van der Waals surface area (Å²) in [4.78, 5) is 10.1. The molecule has 4 heteroatoms. The van der Waals surface area contributed by atoms with Crippen molar-refractivity contribution in [1.29, 1.82) is 0 Å². The molecule has 12 rings (SSSR count). The van der Waals surface area contributed by atoms with E-state index in [1.807, 2.05) is 12.1 Å². The first-order valence-corrected chi connectivity index (χ1v) is 21.1. The van der Waals surface area contributed by atoms with Crippen LogP contribution in [-0.2, 0) is 0 Å². The third-order valence-electron chi connectivity index (χ3n) is 12.1. The van der Waals surface area contributed by atoms with Gasteiger partial charge in [0.25, 0.3) is 0 Å². The third-order valence-corrected chi connectivity index (χ3v) is 12.1. The largest absolute Gasteiger partial charge is 0.309 e. The highest BCUT2D eigenvalue weighted by molar-refractivity contribution is 6.16. The highest BCUT2D eigenvalue weighted by Crippen LogP contribution is 2.41. The Labute approximate surface area is 359 Å². The number of benzene rings is 9. The van der Waals surface area contributed by atoms with Crippen molar-refractivity contribution >= 4 is 43.6 Å². The van der Waals surface area contributed by atoms with E-state index in [9.17, 15) is 0 Å². The van der Waals surface area contributed by atoms with Gasteiger partial charge in [0.05, 0.1) is 33.5 Å². The van der Waals surface area contributed by atoms with Crippen LogP contribution in [0.1, 0.15) is 0 Å². The lowest BCUT2D eigenvalue weighted by Gasteiger charge is -2.13. The van der Waals surface area contributed by atoms with E-state index in [2.05, 4.69) is 228 Å². The number of nitrogens with zero attached hydrogens (tertiary/aromatic N) is 4. The summed E-state index contributed by atoms with van der Waals surface area (Å²) < 4.78 is 4.81. The van der Waals surface area contributed by atoms with Crippen LogP contribution in [0, 0.1) is 0 Å². The van der Waals surface area contributed by atoms with E-state index >= 15 is 0 Å². The topological polar surface area (TPSA) is 35.6 Å². The van der Waals surface area contributed by atoms with Gasteiger partial charge in [0.2, 0.25) is 0 Å². The molecule has 290 valence electrons. The molecule has 3 aromatic heterocycles. The third kappa shape index (κ3) is 6.00. The highest BCUT2D eigenvalue weighted by Gasteiger charge is 2.18.